The molecular weight excluding hydrogens is 256 g/mol. The summed E-state index contributed by atoms with van der Waals surface area (Å²) in [6, 6.07) is 8.82. The molecule has 1 aromatic heterocycles. The predicted octanol–water partition coefficient (Wildman–Crippen LogP) is 4.19. The van der Waals surface area contributed by atoms with Crippen molar-refractivity contribution >= 4 is 11.8 Å². The maximum Gasteiger partial charge on any atom is 0.260 e. The lowest BCUT2D eigenvalue weighted by Crippen LogP contribution is -2.20. The van der Waals surface area contributed by atoms with Gasteiger partial charge in [0.1, 0.15) is 6.26 Å². The van der Waals surface area contributed by atoms with Gasteiger partial charge in [0.2, 0.25) is 0 Å². The van der Waals surface area contributed by atoms with Crippen LogP contribution in [0.25, 0.3) is 0 Å². The van der Waals surface area contributed by atoms with E-state index in [1.807, 2.05) is 6.92 Å². The Morgan fingerprint density at radius 1 is 1.32 bits per heavy atom. The summed E-state index contributed by atoms with van der Waals surface area (Å²) in [6.07, 6.45) is 2.75. The van der Waals surface area contributed by atoms with Crippen LogP contribution >= 0.6 is 11.8 Å². The highest BCUT2D eigenvalue weighted by atomic mass is 32.2. The van der Waals surface area contributed by atoms with Gasteiger partial charge in [0, 0.05) is 10.9 Å². The van der Waals surface area contributed by atoms with Crippen molar-refractivity contribution in [3.05, 3.63) is 41.8 Å². The maximum atomic E-state index is 5.43. The van der Waals surface area contributed by atoms with Crippen LogP contribution in [0.5, 0.6) is 0 Å². The van der Waals surface area contributed by atoms with Gasteiger partial charge < -0.3 is 9.73 Å². The first-order chi connectivity index (χ1) is 9.24. The molecule has 0 saturated carbocycles. The summed E-state index contributed by atoms with van der Waals surface area (Å²) in [5.41, 5.74) is 2.23. The van der Waals surface area contributed by atoms with Gasteiger partial charge in [-0.2, -0.15) is 0 Å². The average Bonchev–Trinajstić information content (AvgIpc) is 2.82. The molecule has 3 nitrogen and oxygen atoms in total. The van der Waals surface area contributed by atoms with Gasteiger partial charge >= 0.3 is 0 Å². The van der Waals surface area contributed by atoms with Gasteiger partial charge in [0.15, 0.2) is 0 Å². The molecule has 0 aliphatic rings. The zero-order chi connectivity index (χ0) is 13.7. The Kier molecular flexibility index (Phi) is 5.05. The lowest BCUT2D eigenvalue weighted by atomic mass is 10.0. The van der Waals surface area contributed by atoms with Crippen molar-refractivity contribution in [3.63, 3.8) is 0 Å². The number of benzene rings is 1. The lowest BCUT2D eigenvalue weighted by Gasteiger charge is -2.18. The Hall–Kier alpha value is -1.26. The molecule has 0 radical (unpaired) electrons. The fraction of sp³-hybridized carbons (Fsp3) is 0.400. The number of nitrogens with zero attached hydrogens (tertiary/aromatic N) is 1. The first-order valence-electron chi connectivity index (χ1n) is 6.66. The van der Waals surface area contributed by atoms with Crippen LogP contribution < -0.4 is 5.32 Å². The molecule has 0 saturated heterocycles. The molecule has 1 unspecified atom stereocenters. The van der Waals surface area contributed by atoms with Gasteiger partial charge in [-0.3, -0.25) is 0 Å². The molecule has 102 valence electrons. The molecule has 1 atom stereocenters. The van der Waals surface area contributed by atoms with E-state index in [2.05, 4.69) is 48.4 Å². The van der Waals surface area contributed by atoms with Crippen molar-refractivity contribution in [2.24, 2.45) is 0 Å². The molecule has 1 aromatic carbocycles. The van der Waals surface area contributed by atoms with E-state index in [9.17, 15) is 0 Å². The Morgan fingerprint density at radius 3 is 2.74 bits per heavy atom. The zero-order valence-corrected chi connectivity index (χ0v) is 12.5. The molecule has 0 fully saturated rings. The van der Waals surface area contributed by atoms with Crippen LogP contribution in [0.3, 0.4) is 0 Å². The van der Waals surface area contributed by atoms with E-state index in [1.54, 1.807) is 18.0 Å². The third-order valence-corrected chi connectivity index (χ3v) is 3.90. The Bertz CT molecular complexity index is 524. The van der Waals surface area contributed by atoms with E-state index in [0.717, 1.165) is 18.7 Å². The molecule has 1 heterocycles. The zero-order valence-electron chi connectivity index (χ0n) is 11.6. The second-order valence-corrected chi connectivity index (χ2v) is 5.41. The molecule has 1 N–H and O–H groups in total. The largest absolute Gasteiger partial charge is 0.439 e. The summed E-state index contributed by atoms with van der Waals surface area (Å²) in [5, 5.41) is 4.22. The van der Waals surface area contributed by atoms with Crippen LogP contribution in [0.1, 0.15) is 37.6 Å². The standard InChI is InChI=1S/C15H20N2OS/c1-4-13(16-5-2)12-8-6-7-9-14(12)19-15-17-11(3)10-18-15/h6-10,13,16H,4-5H2,1-3H3. The van der Waals surface area contributed by atoms with Crippen molar-refractivity contribution in [2.45, 2.75) is 43.4 Å². The van der Waals surface area contributed by atoms with Gasteiger partial charge in [-0.1, -0.05) is 32.0 Å². The van der Waals surface area contributed by atoms with E-state index in [4.69, 9.17) is 4.42 Å². The Morgan fingerprint density at radius 2 is 2.11 bits per heavy atom. The molecular formula is C15H20N2OS. The van der Waals surface area contributed by atoms with Gasteiger partial charge in [-0.05, 0) is 43.3 Å². The van der Waals surface area contributed by atoms with Gasteiger partial charge in [-0.25, -0.2) is 4.98 Å². The van der Waals surface area contributed by atoms with Gasteiger partial charge in [-0.15, -0.1) is 0 Å². The minimum Gasteiger partial charge on any atom is -0.439 e. The van der Waals surface area contributed by atoms with Crippen LogP contribution in [0, 0.1) is 6.92 Å². The third kappa shape index (κ3) is 3.61. The molecule has 19 heavy (non-hydrogen) atoms. The number of rotatable bonds is 6. The van der Waals surface area contributed by atoms with Crippen molar-refractivity contribution in [1.82, 2.24) is 10.3 Å². The monoisotopic (exact) mass is 276 g/mol. The quantitative estimate of drug-likeness (QED) is 0.858. The van der Waals surface area contributed by atoms with E-state index in [1.165, 1.54) is 10.5 Å². The maximum absolute atomic E-state index is 5.43. The molecule has 0 spiro atoms. The highest BCUT2D eigenvalue weighted by Gasteiger charge is 2.14. The summed E-state index contributed by atoms with van der Waals surface area (Å²) >= 11 is 1.59. The number of aromatic nitrogens is 1. The summed E-state index contributed by atoms with van der Waals surface area (Å²) < 4.78 is 5.43. The molecule has 2 rings (SSSR count). The summed E-state index contributed by atoms with van der Waals surface area (Å²) in [5.74, 6) is 0. The van der Waals surface area contributed by atoms with Crippen LogP contribution in [-0.2, 0) is 0 Å². The van der Waals surface area contributed by atoms with Gasteiger partial charge in [0.25, 0.3) is 5.22 Å². The van der Waals surface area contributed by atoms with Crippen molar-refractivity contribution in [2.75, 3.05) is 6.54 Å². The van der Waals surface area contributed by atoms with Gasteiger partial charge in [0.05, 0.1) is 5.69 Å². The number of oxazole rings is 1. The van der Waals surface area contributed by atoms with Crippen LogP contribution in [0.2, 0.25) is 0 Å². The smallest absolute Gasteiger partial charge is 0.260 e. The lowest BCUT2D eigenvalue weighted by molar-refractivity contribution is 0.453. The number of hydrogen-bond acceptors (Lipinski definition) is 4. The highest BCUT2D eigenvalue weighted by molar-refractivity contribution is 7.99. The van der Waals surface area contributed by atoms with E-state index in [0.29, 0.717) is 11.3 Å². The predicted molar refractivity (Wildman–Crippen MR) is 78.5 cm³/mol. The second kappa shape index (κ2) is 6.78. The Balaban J connectivity index is 2.24. The molecule has 0 aliphatic heterocycles. The molecule has 2 aromatic rings. The molecule has 0 amide bonds. The van der Waals surface area contributed by atoms with Crippen molar-refractivity contribution < 1.29 is 4.42 Å². The fourth-order valence-corrected chi connectivity index (χ4v) is 3.00. The van der Waals surface area contributed by atoms with Crippen LogP contribution in [0.4, 0.5) is 0 Å². The summed E-state index contributed by atoms with van der Waals surface area (Å²) in [4.78, 5) is 5.56. The summed E-state index contributed by atoms with van der Waals surface area (Å²) in [7, 11) is 0. The van der Waals surface area contributed by atoms with E-state index < -0.39 is 0 Å². The minimum absolute atomic E-state index is 0.379. The van der Waals surface area contributed by atoms with Crippen LogP contribution in [0.15, 0.2) is 45.1 Å². The Labute approximate surface area is 118 Å². The average molecular weight is 276 g/mol. The minimum atomic E-state index is 0.379. The number of aryl methyl sites for hydroxylation is 1. The first kappa shape index (κ1) is 14.2. The molecule has 0 bridgehead atoms. The van der Waals surface area contributed by atoms with Crippen molar-refractivity contribution in [1.29, 1.82) is 0 Å². The fourth-order valence-electron chi connectivity index (χ4n) is 2.06. The van der Waals surface area contributed by atoms with Crippen molar-refractivity contribution in [3.8, 4) is 0 Å². The number of hydrogen-bond donors (Lipinski definition) is 1. The topological polar surface area (TPSA) is 38.1 Å². The SMILES string of the molecule is CCNC(CC)c1ccccc1Sc1nc(C)co1. The third-order valence-electron chi connectivity index (χ3n) is 2.95. The highest BCUT2D eigenvalue weighted by Crippen LogP contribution is 2.33. The molecule has 0 aliphatic carbocycles. The van der Waals surface area contributed by atoms with E-state index in [-0.39, 0.29) is 0 Å². The second-order valence-electron chi connectivity index (χ2n) is 4.41. The molecule has 4 heteroatoms. The normalized spacial score (nSPS) is 12.6. The van der Waals surface area contributed by atoms with E-state index >= 15 is 0 Å². The van der Waals surface area contributed by atoms with Crippen LogP contribution in [-0.4, -0.2) is 11.5 Å². The number of nitrogens with one attached hydrogen (secondary N) is 1. The summed E-state index contributed by atoms with van der Waals surface area (Å²) in [6.45, 7) is 7.24. The first-order valence-corrected chi connectivity index (χ1v) is 7.48.